The standard InChI is InChI=1S/C13H17Br2N3O2S/c1-4-19-9-5-8(6-17-18-13(16)21)10(14)11(15)12(9)20-7(2)3/h5-7H,4H2,1-3H3,(H3,16,18,21). The highest BCUT2D eigenvalue weighted by Crippen LogP contribution is 2.42. The van der Waals surface area contributed by atoms with E-state index in [4.69, 9.17) is 27.4 Å². The number of rotatable bonds is 6. The monoisotopic (exact) mass is 437 g/mol. The lowest BCUT2D eigenvalue weighted by atomic mass is 10.2. The van der Waals surface area contributed by atoms with Gasteiger partial charge in [-0.2, -0.15) is 5.10 Å². The van der Waals surface area contributed by atoms with Crippen LogP contribution < -0.4 is 20.6 Å². The first-order valence-corrected chi connectivity index (χ1v) is 8.26. The van der Waals surface area contributed by atoms with E-state index in [1.54, 1.807) is 6.21 Å². The molecule has 3 N–H and O–H groups in total. The average molecular weight is 439 g/mol. The number of ether oxygens (including phenoxy) is 2. The zero-order chi connectivity index (χ0) is 16.0. The summed E-state index contributed by atoms with van der Waals surface area (Å²) in [7, 11) is 0. The zero-order valence-corrected chi connectivity index (χ0v) is 15.9. The summed E-state index contributed by atoms with van der Waals surface area (Å²) in [6, 6.07) is 1.83. The molecule has 0 heterocycles. The van der Waals surface area contributed by atoms with E-state index in [-0.39, 0.29) is 11.2 Å². The summed E-state index contributed by atoms with van der Waals surface area (Å²) < 4.78 is 13.0. The Kier molecular flexibility index (Phi) is 7.41. The molecule has 1 rings (SSSR count). The zero-order valence-electron chi connectivity index (χ0n) is 11.9. The lowest BCUT2D eigenvalue weighted by molar-refractivity contribution is 0.222. The minimum absolute atomic E-state index is 0.0307. The summed E-state index contributed by atoms with van der Waals surface area (Å²) in [4.78, 5) is 0. The van der Waals surface area contributed by atoms with E-state index in [0.29, 0.717) is 18.1 Å². The Hall–Kier alpha value is -0.860. The smallest absolute Gasteiger partial charge is 0.184 e. The molecular formula is C13H17Br2N3O2S. The molecule has 0 fully saturated rings. The van der Waals surface area contributed by atoms with Crippen LogP contribution in [0.3, 0.4) is 0 Å². The van der Waals surface area contributed by atoms with Crippen LogP contribution in [-0.2, 0) is 0 Å². The van der Waals surface area contributed by atoms with Crippen LogP contribution in [0.2, 0.25) is 0 Å². The van der Waals surface area contributed by atoms with Gasteiger partial charge in [0.1, 0.15) is 0 Å². The second-order valence-electron chi connectivity index (χ2n) is 4.25. The maximum atomic E-state index is 5.80. The third-order valence-electron chi connectivity index (χ3n) is 2.19. The number of thiocarbonyl (C=S) groups is 1. The first-order chi connectivity index (χ1) is 9.86. The second-order valence-corrected chi connectivity index (χ2v) is 6.28. The molecule has 0 atom stereocenters. The van der Waals surface area contributed by atoms with E-state index in [0.717, 1.165) is 14.5 Å². The van der Waals surface area contributed by atoms with Crippen molar-refractivity contribution in [3.05, 3.63) is 20.6 Å². The van der Waals surface area contributed by atoms with Gasteiger partial charge in [-0.05, 0) is 70.9 Å². The molecule has 0 aliphatic carbocycles. The summed E-state index contributed by atoms with van der Waals surface area (Å²) in [6.45, 7) is 6.36. The molecule has 116 valence electrons. The molecule has 0 bridgehead atoms. The fourth-order valence-corrected chi connectivity index (χ4v) is 2.44. The van der Waals surface area contributed by atoms with Gasteiger partial charge < -0.3 is 15.2 Å². The number of hydrogen-bond donors (Lipinski definition) is 2. The molecule has 5 nitrogen and oxygen atoms in total. The van der Waals surface area contributed by atoms with Crippen molar-refractivity contribution in [1.82, 2.24) is 5.43 Å². The molecule has 1 aromatic carbocycles. The fraction of sp³-hybridized carbons (Fsp3) is 0.385. The average Bonchev–Trinajstić information content (AvgIpc) is 2.39. The van der Waals surface area contributed by atoms with Crippen molar-refractivity contribution in [1.29, 1.82) is 0 Å². The normalized spacial score (nSPS) is 11.0. The maximum absolute atomic E-state index is 5.80. The molecule has 0 saturated carbocycles. The van der Waals surface area contributed by atoms with Crippen LogP contribution in [0.5, 0.6) is 11.5 Å². The van der Waals surface area contributed by atoms with Crippen molar-refractivity contribution in [2.24, 2.45) is 10.8 Å². The SMILES string of the molecule is CCOc1cc(C=NNC(N)=S)c(Br)c(Br)c1OC(C)C. The van der Waals surface area contributed by atoms with E-state index in [1.165, 1.54) is 0 Å². The Bertz CT molecular complexity index is 551. The fourth-order valence-electron chi connectivity index (χ4n) is 1.47. The highest BCUT2D eigenvalue weighted by Gasteiger charge is 2.17. The van der Waals surface area contributed by atoms with Crippen LogP contribution in [0.4, 0.5) is 0 Å². The van der Waals surface area contributed by atoms with Crippen molar-refractivity contribution in [2.45, 2.75) is 26.9 Å². The summed E-state index contributed by atoms with van der Waals surface area (Å²) in [5.74, 6) is 1.29. The molecule has 0 aliphatic heterocycles. The maximum Gasteiger partial charge on any atom is 0.184 e. The van der Waals surface area contributed by atoms with Crippen molar-refractivity contribution in [3.8, 4) is 11.5 Å². The largest absolute Gasteiger partial charge is 0.490 e. The van der Waals surface area contributed by atoms with Crippen LogP contribution in [-0.4, -0.2) is 24.0 Å². The topological polar surface area (TPSA) is 68.9 Å². The van der Waals surface area contributed by atoms with Gasteiger partial charge in [-0.3, -0.25) is 5.43 Å². The van der Waals surface area contributed by atoms with E-state index < -0.39 is 0 Å². The van der Waals surface area contributed by atoms with Gasteiger partial charge in [0.2, 0.25) is 0 Å². The number of nitrogens with two attached hydrogens (primary N) is 1. The first-order valence-electron chi connectivity index (χ1n) is 6.26. The Balaban J connectivity index is 3.22. The van der Waals surface area contributed by atoms with Crippen LogP contribution in [0.1, 0.15) is 26.3 Å². The first kappa shape index (κ1) is 18.2. The van der Waals surface area contributed by atoms with Crippen LogP contribution >= 0.6 is 44.1 Å². The van der Waals surface area contributed by atoms with Crippen molar-refractivity contribution in [2.75, 3.05) is 6.61 Å². The van der Waals surface area contributed by atoms with Gasteiger partial charge in [-0.25, -0.2) is 0 Å². The van der Waals surface area contributed by atoms with Gasteiger partial charge in [-0.1, -0.05) is 0 Å². The molecule has 21 heavy (non-hydrogen) atoms. The van der Waals surface area contributed by atoms with E-state index in [1.807, 2.05) is 26.8 Å². The molecule has 0 radical (unpaired) electrons. The van der Waals surface area contributed by atoms with Gasteiger partial charge in [0, 0.05) is 10.0 Å². The van der Waals surface area contributed by atoms with Crippen LogP contribution in [0, 0.1) is 0 Å². The highest BCUT2D eigenvalue weighted by atomic mass is 79.9. The van der Waals surface area contributed by atoms with E-state index >= 15 is 0 Å². The number of hydrazone groups is 1. The Morgan fingerprint density at radius 3 is 2.67 bits per heavy atom. The second kappa shape index (κ2) is 8.55. The number of nitrogens with zero attached hydrogens (tertiary/aromatic N) is 1. The summed E-state index contributed by atoms with van der Waals surface area (Å²) in [5.41, 5.74) is 8.63. The molecule has 0 aromatic heterocycles. The summed E-state index contributed by atoms with van der Waals surface area (Å²) in [5, 5.41) is 4.05. The summed E-state index contributed by atoms with van der Waals surface area (Å²) >= 11 is 11.7. The van der Waals surface area contributed by atoms with Crippen molar-refractivity contribution < 1.29 is 9.47 Å². The lowest BCUT2D eigenvalue weighted by Crippen LogP contribution is -2.24. The molecule has 0 amide bonds. The highest BCUT2D eigenvalue weighted by molar-refractivity contribution is 9.13. The molecule has 0 spiro atoms. The molecular weight excluding hydrogens is 422 g/mol. The number of halogens is 2. The van der Waals surface area contributed by atoms with Gasteiger partial charge in [-0.15, -0.1) is 0 Å². The predicted octanol–water partition coefficient (Wildman–Crippen LogP) is 3.56. The van der Waals surface area contributed by atoms with Crippen molar-refractivity contribution >= 4 is 55.4 Å². The van der Waals surface area contributed by atoms with E-state index in [9.17, 15) is 0 Å². The Morgan fingerprint density at radius 2 is 2.14 bits per heavy atom. The minimum Gasteiger partial charge on any atom is -0.490 e. The van der Waals surface area contributed by atoms with Gasteiger partial charge in [0.05, 0.1) is 23.4 Å². The number of benzene rings is 1. The number of nitrogens with one attached hydrogen (secondary N) is 1. The predicted molar refractivity (Wildman–Crippen MR) is 96.3 cm³/mol. The Labute approximate surface area is 146 Å². The lowest BCUT2D eigenvalue weighted by Gasteiger charge is -2.18. The van der Waals surface area contributed by atoms with Gasteiger partial charge >= 0.3 is 0 Å². The van der Waals surface area contributed by atoms with Crippen molar-refractivity contribution in [3.63, 3.8) is 0 Å². The molecule has 0 unspecified atom stereocenters. The third kappa shape index (κ3) is 5.44. The molecule has 0 saturated heterocycles. The van der Waals surface area contributed by atoms with Gasteiger partial charge in [0.15, 0.2) is 16.6 Å². The molecule has 0 aliphatic rings. The quantitative estimate of drug-likeness (QED) is 0.403. The van der Waals surface area contributed by atoms with Gasteiger partial charge in [0.25, 0.3) is 0 Å². The molecule has 1 aromatic rings. The number of hydrogen-bond acceptors (Lipinski definition) is 4. The van der Waals surface area contributed by atoms with E-state index in [2.05, 4.69) is 42.4 Å². The Morgan fingerprint density at radius 1 is 1.48 bits per heavy atom. The van der Waals surface area contributed by atoms with Crippen LogP contribution in [0.15, 0.2) is 20.1 Å². The third-order valence-corrected chi connectivity index (χ3v) is 4.42. The molecule has 8 heteroatoms. The summed E-state index contributed by atoms with van der Waals surface area (Å²) in [6.07, 6.45) is 1.62. The minimum atomic E-state index is 0.0307. The van der Waals surface area contributed by atoms with Crippen LogP contribution in [0.25, 0.3) is 0 Å².